The number of hydrogen-bond donors (Lipinski definition) is 3. The fourth-order valence-corrected chi connectivity index (χ4v) is 4.90. The van der Waals surface area contributed by atoms with Gasteiger partial charge in [0.1, 0.15) is 5.76 Å². The Hall–Kier alpha value is -4.23. The Morgan fingerprint density at radius 3 is 2.59 bits per heavy atom. The molecule has 1 fully saturated rings. The minimum atomic E-state index is -0.874. The predicted octanol–water partition coefficient (Wildman–Crippen LogP) is 5.59. The fraction of sp³-hybridized carbons (Fsp3) is 0.172. The zero-order chi connectivity index (χ0) is 26.1. The number of nitrogens with one attached hydrogen (secondary N) is 1. The number of likely N-dealkylation sites (tertiary alicyclic amines) is 1. The predicted molar refractivity (Wildman–Crippen MR) is 142 cm³/mol. The van der Waals surface area contributed by atoms with Crippen molar-refractivity contribution in [2.75, 3.05) is 13.2 Å². The molecule has 1 aromatic heterocycles. The molecule has 0 aliphatic carbocycles. The first-order valence-corrected chi connectivity index (χ1v) is 12.3. The van der Waals surface area contributed by atoms with Crippen LogP contribution in [0.1, 0.15) is 29.7 Å². The summed E-state index contributed by atoms with van der Waals surface area (Å²) in [6.07, 6.45) is 2.39. The molecule has 0 radical (unpaired) electrons. The minimum absolute atomic E-state index is 0.0283. The highest BCUT2D eigenvalue weighted by molar-refractivity contribution is 6.46. The van der Waals surface area contributed by atoms with E-state index in [-0.39, 0.29) is 29.4 Å². The highest BCUT2D eigenvalue weighted by atomic mass is 35.5. The van der Waals surface area contributed by atoms with E-state index in [0.717, 1.165) is 16.5 Å². The molecule has 7 nitrogen and oxygen atoms in total. The Morgan fingerprint density at radius 2 is 1.84 bits per heavy atom. The third-order valence-corrected chi connectivity index (χ3v) is 6.81. The summed E-state index contributed by atoms with van der Waals surface area (Å²) in [7, 11) is 0. The number of aromatic hydroxyl groups is 1. The summed E-state index contributed by atoms with van der Waals surface area (Å²) in [4.78, 5) is 31.3. The maximum Gasteiger partial charge on any atom is 0.295 e. The van der Waals surface area contributed by atoms with Gasteiger partial charge in [0.25, 0.3) is 11.7 Å². The van der Waals surface area contributed by atoms with E-state index in [0.29, 0.717) is 29.2 Å². The Bertz CT molecular complexity index is 1520. The molecule has 4 aromatic rings. The number of aliphatic hydroxyl groups is 1. The number of amides is 1. The van der Waals surface area contributed by atoms with Crippen LogP contribution < -0.4 is 4.74 Å². The van der Waals surface area contributed by atoms with E-state index >= 15 is 0 Å². The van der Waals surface area contributed by atoms with Crippen molar-refractivity contribution >= 4 is 40.0 Å². The van der Waals surface area contributed by atoms with Gasteiger partial charge in [0, 0.05) is 34.2 Å². The summed E-state index contributed by atoms with van der Waals surface area (Å²) in [5, 5.41) is 23.0. The number of phenols is 1. The van der Waals surface area contributed by atoms with E-state index in [4.69, 9.17) is 16.3 Å². The lowest BCUT2D eigenvalue weighted by atomic mass is 9.95. The van der Waals surface area contributed by atoms with Crippen LogP contribution in [0.15, 0.2) is 78.5 Å². The number of ketones is 1. The molecule has 3 N–H and O–H groups in total. The van der Waals surface area contributed by atoms with Crippen LogP contribution in [0.3, 0.4) is 0 Å². The van der Waals surface area contributed by atoms with Gasteiger partial charge in [-0.15, -0.1) is 0 Å². The number of ether oxygens (including phenoxy) is 1. The van der Waals surface area contributed by atoms with Gasteiger partial charge in [0.2, 0.25) is 0 Å². The average Bonchev–Trinajstić information content (AvgIpc) is 3.42. The highest BCUT2D eigenvalue weighted by Gasteiger charge is 2.46. The van der Waals surface area contributed by atoms with Gasteiger partial charge in [-0.3, -0.25) is 9.59 Å². The van der Waals surface area contributed by atoms with E-state index in [1.165, 1.54) is 11.0 Å². The molecule has 0 unspecified atom stereocenters. The van der Waals surface area contributed by atoms with Crippen LogP contribution in [-0.2, 0) is 16.0 Å². The number of aliphatic hydroxyl groups excluding tert-OH is 1. The molecule has 188 valence electrons. The van der Waals surface area contributed by atoms with Crippen molar-refractivity contribution in [2.24, 2.45) is 0 Å². The summed E-state index contributed by atoms with van der Waals surface area (Å²) >= 11 is 6.00. The second-order valence-corrected chi connectivity index (χ2v) is 9.21. The number of Topliss-reactive ketones (excluding diaryl/α,β-unsaturated/α-hetero) is 1. The zero-order valence-electron chi connectivity index (χ0n) is 20.1. The number of halogens is 1. The third kappa shape index (κ3) is 4.54. The number of para-hydroxylation sites is 1. The molecule has 37 heavy (non-hydrogen) atoms. The van der Waals surface area contributed by atoms with Gasteiger partial charge in [-0.05, 0) is 66.9 Å². The van der Waals surface area contributed by atoms with Crippen LogP contribution >= 0.6 is 11.6 Å². The van der Waals surface area contributed by atoms with E-state index < -0.39 is 17.7 Å². The Balaban J connectivity index is 1.59. The monoisotopic (exact) mass is 516 g/mol. The highest BCUT2D eigenvalue weighted by Crippen LogP contribution is 2.42. The normalized spacial score (nSPS) is 17.0. The second-order valence-electron chi connectivity index (χ2n) is 8.77. The topological polar surface area (TPSA) is 103 Å². The third-order valence-electron chi connectivity index (χ3n) is 6.55. The zero-order valence-corrected chi connectivity index (χ0v) is 20.8. The molecule has 1 amide bonds. The molecule has 1 aliphatic rings. The number of benzene rings is 3. The van der Waals surface area contributed by atoms with Crippen molar-refractivity contribution in [3.63, 3.8) is 0 Å². The standard InChI is InChI=1S/C29H25ClN2O5/c1-2-37-24-15-18(9-12-23(24)33)26-25(27(34)17-7-10-20(30)11-8-17)28(35)29(36)32(26)14-13-19-16-31-22-6-4-3-5-21(19)22/h3-12,15-16,26,31,33-34H,2,13-14H2,1H3/t26-/m1/s1. The van der Waals surface area contributed by atoms with E-state index in [1.54, 1.807) is 43.3 Å². The van der Waals surface area contributed by atoms with Gasteiger partial charge in [-0.1, -0.05) is 35.9 Å². The summed E-state index contributed by atoms with van der Waals surface area (Å²) in [5.41, 5.74) is 2.87. The lowest BCUT2D eigenvalue weighted by molar-refractivity contribution is -0.139. The molecular weight excluding hydrogens is 492 g/mol. The van der Waals surface area contributed by atoms with Crippen LogP contribution in [0.5, 0.6) is 11.5 Å². The smallest absolute Gasteiger partial charge is 0.295 e. The minimum Gasteiger partial charge on any atom is -0.507 e. The number of carbonyl (C=O) groups is 2. The number of rotatable bonds is 7. The van der Waals surface area contributed by atoms with Crippen LogP contribution in [0.25, 0.3) is 16.7 Å². The number of nitrogens with zero attached hydrogens (tertiary/aromatic N) is 1. The van der Waals surface area contributed by atoms with Gasteiger partial charge in [0.15, 0.2) is 11.5 Å². The van der Waals surface area contributed by atoms with Crippen molar-refractivity contribution in [1.82, 2.24) is 9.88 Å². The quantitative estimate of drug-likeness (QED) is 0.169. The molecule has 0 spiro atoms. The molecule has 1 atom stereocenters. The summed E-state index contributed by atoms with van der Waals surface area (Å²) < 4.78 is 5.55. The molecular formula is C29H25ClN2O5. The van der Waals surface area contributed by atoms with Crippen molar-refractivity contribution in [3.05, 3.63) is 100 Å². The number of hydrogen-bond acceptors (Lipinski definition) is 5. The first-order valence-electron chi connectivity index (χ1n) is 11.9. The lowest BCUT2D eigenvalue weighted by Crippen LogP contribution is -2.31. The summed E-state index contributed by atoms with van der Waals surface area (Å²) in [6.45, 7) is 2.35. The molecule has 8 heteroatoms. The first-order chi connectivity index (χ1) is 17.9. The largest absolute Gasteiger partial charge is 0.507 e. The number of phenolic OH excluding ortho intramolecular Hbond substituents is 1. The van der Waals surface area contributed by atoms with E-state index in [9.17, 15) is 19.8 Å². The van der Waals surface area contributed by atoms with Crippen LogP contribution in [0.2, 0.25) is 5.02 Å². The Morgan fingerprint density at radius 1 is 1.08 bits per heavy atom. The number of carbonyl (C=O) groups excluding carboxylic acids is 2. The van der Waals surface area contributed by atoms with Crippen molar-refractivity contribution < 1.29 is 24.5 Å². The van der Waals surface area contributed by atoms with Crippen LogP contribution in [0.4, 0.5) is 0 Å². The van der Waals surface area contributed by atoms with Crippen molar-refractivity contribution in [3.8, 4) is 11.5 Å². The number of aromatic nitrogens is 1. The first kappa shape index (κ1) is 24.5. The molecule has 0 saturated carbocycles. The van der Waals surface area contributed by atoms with Crippen molar-refractivity contribution in [1.29, 1.82) is 0 Å². The van der Waals surface area contributed by atoms with Gasteiger partial charge in [-0.2, -0.15) is 0 Å². The average molecular weight is 517 g/mol. The summed E-state index contributed by atoms with van der Waals surface area (Å²) in [6, 6.07) is 18.1. The molecule has 2 heterocycles. The number of fused-ring (bicyclic) bond motifs is 1. The van der Waals surface area contributed by atoms with Crippen LogP contribution in [-0.4, -0.2) is 44.9 Å². The molecule has 1 saturated heterocycles. The molecule has 1 aliphatic heterocycles. The number of H-pyrrole nitrogens is 1. The Labute approximate surface area is 218 Å². The van der Waals surface area contributed by atoms with Gasteiger partial charge >= 0.3 is 0 Å². The maximum absolute atomic E-state index is 13.3. The second kappa shape index (κ2) is 10.0. The van der Waals surface area contributed by atoms with Gasteiger partial charge < -0.3 is 24.8 Å². The van der Waals surface area contributed by atoms with Gasteiger partial charge in [-0.25, -0.2) is 0 Å². The number of aromatic amines is 1. The van der Waals surface area contributed by atoms with E-state index in [1.807, 2.05) is 30.5 Å². The van der Waals surface area contributed by atoms with Crippen molar-refractivity contribution in [2.45, 2.75) is 19.4 Å². The Kier molecular flexibility index (Phi) is 6.63. The maximum atomic E-state index is 13.3. The van der Waals surface area contributed by atoms with E-state index in [2.05, 4.69) is 4.98 Å². The van der Waals surface area contributed by atoms with Gasteiger partial charge in [0.05, 0.1) is 18.2 Å². The van der Waals surface area contributed by atoms with Crippen LogP contribution in [0, 0.1) is 0 Å². The molecule has 5 rings (SSSR count). The summed E-state index contributed by atoms with van der Waals surface area (Å²) in [5.74, 6) is -1.60. The fourth-order valence-electron chi connectivity index (χ4n) is 4.77. The molecule has 3 aromatic carbocycles. The molecule has 0 bridgehead atoms. The lowest BCUT2D eigenvalue weighted by Gasteiger charge is -2.26. The SMILES string of the molecule is CCOc1cc([C@@H]2C(=C(O)c3ccc(Cl)cc3)C(=O)C(=O)N2CCc2c[nH]c3ccccc23)ccc1O.